The van der Waals surface area contributed by atoms with Gasteiger partial charge < -0.3 is 24.5 Å². The number of hydrogen-bond donors (Lipinski definition) is 2. The maximum Gasteiger partial charge on any atom is 0.287 e. The van der Waals surface area contributed by atoms with Gasteiger partial charge >= 0.3 is 0 Å². The standard InChI is InChI=1S/C22H22N2O5/c1-15-6-8-17(9-7-15)28-14-19-10-11-20(29-19)22(26)23-13-21(25)24-16-4-3-5-18(12-16)27-2/h3-12H,13-14H2,1-2H3,(H,23,26)(H,24,25). The lowest BCUT2D eigenvalue weighted by Crippen LogP contribution is -2.32. The first-order valence-corrected chi connectivity index (χ1v) is 9.04. The molecule has 1 heterocycles. The van der Waals surface area contributed by atoms with E-state index in [-0.39, 0.29) is 24.8 Å². The molecule has 3 rings (SSSR count). The number of aryl methyl sites for hydroxylation is 1. The Hall–Kier alpha value is -3.74. The lowest BCUT2D eigenvalue weighted by Gasteiger charge is -2.07. The summed E-state index contributed by atoms with van der Waals surface area (Å²) in [4.78, 5) is 24.2. The van der Waals surface area contributed by atoms with E-state index in [2.05, 4.69) is 10.6 Å². The quantitative estimate of drug-likeness (QED) is 0.610. The van der Waals surface area contributed by atoms with Crippen molar-refractivity contribution in [1.82, 2.24) is 5.32 Å². The van der Waals surface area contributed by atoms with E-state index in [1.54, 1.807) is 43.5 Å². The summed E-state index contributed by atoms with van der Waals surface area (Å²) in [6, 6.07) is 17.8. The van der Waals surface area contributed by atoms with E-state index in [9.17, 15) is 9.59 Å². The molecular weight excluding hydrogens is 372 g/mol. The summed E-state index contributed by atoms with van der Waals surface area (Å²) in [6.07, 6.45) is 0. The van der Waals surface area contributed by atoms with Crippen LogP contribution in [0.2, 0.25) is 0 Å². The maximum absolute atomic E-state index is 12.2. The molecule has 0 spiro atoms. The molecule has 150 valence electrons. The van der Waals surface area contributed by atoms with Crippen molar-refractivity contribution in [3.05, 3.63) is 77.7 Å². The van der Waals surface area contributed by atoms with Crippen LogP contribution in [0.5, 0.6) is 11.5 Å². The fraction of sp³-hybridized carbons (Fsp3) is 0.182. The molecule has 2 N–H and O–H groups in total. The minimum absolute atomic E-state index is 0.113. The topological polar surface area (TPSA) is 89.8 Å². The van der Waals surface area contributed by atoms with E-state index < -0.39 is 5.91 Å². The van der Waals surface area contributed by atoms with E-state index in [1.165, 1.54) is 0 Å². The molecule has 3 aromatic rings. The number of furan rings is 1. The number of nitrogens with one attached hydrogen (secondary N) is 2. The van der Waals surface area contributed by atoms with Crippen LogP contribution in [0.15, 0.2) is 65.1 Å². The first kappa shape index (κ1) is 20.0. The third-order valence-corrected chi connectivity index (χ3v) is 4.05. The summed E-state index contributed by atoms with van der Waals surface area (Å²) in [6.45, 7) is 2.01. The second-order valence-electron chi connectivity index (χ2n) is 6.33. The van der Waals surface area contributed by atoms with Gasteiger partial charge in [0.15, 0.2) is 5.76 Å². The highest BCUT2D eigenvalue weighted by Gasteiger charge is 2.13. The van der Waals surface area contributed by atoms with Gasteiger partial charge in [0.2, 0.25) is 5.91 Å². The van der Waals surface area contributed by atoms with Crippen molar-refractivity contribution in [3.63, 3.8) is 0 Å². The van der Waals surface area contributed by atoms with Crippen LogP contribution in [0.4, 0.5) is 5.69 Å². The number of carbonyl (C=O) groups is 2. The molecule has 1 aromatic heterocycles. The molecule has 0 radical (unpaired) electrons. The van der Waals surface area contributed by atoms with E-state index in [1.807, 2.05) is 31.2 Å². The smallest absolute Gasteiger partial charge is 0.287 e. The fourth-order valence-corrected chi connectivity index (χ4v) is 2.52. The van der Waals surface area contributed by atoms with E-state index in [0.717, 1.165) is 5.56 Å². The van der Waals surface area contributed by atoms with Crippen LogP contribution in [-0.2, 0) is 11.4 Å². The largest absolute Gasteiger partial charge is 0.497 e. The van der Waals surface area contributed by atoms with Gasteiger partial charge in [0, 0.05) is 11.8 Å². The molecule has 29 heavy (non-hydrogen) atoms. The Kier molecular flexibility index (Phi) is 6.52. The Morgan fingerprint density at radius 1 is 1.00 bits per heavy atom. The molecule has 0 aliphatic carbocycles. The van der Waals surface area contributed by atoms with Gasteiger partial charge in [-0.3, -0.25) is 9.59 Å². The van der Waals surface area contributed by atoms with Crippen LogP contribution in [-0.4, -0.2) is 25.5 Å². The molecule has 0 fully saturated rings. The average Bonchev–Trinajstić information content (AvgIpc) is 3.21. The van der Waals surface area contributed by atoms with Gasteiger partial charge in [-0.15, -0.1) is 0 Å². The summed E-state index contributed by atoms with van der Waals surface area (Å²) in [5.74, 6) is 1.13. The number of carbonyl (C=O) groups excluding carboxylic acids is 2. The normalized spacial score (nSPS) is 10.3. The molecule has 7 heteroatoms. The van der Waals surface area contributed by atoms with Crippen molar-refractivity contribution in [2.24, 2.45) is 0 Å². The zero-order valence-electron chi connectivity index (χ0n) is 16.2. The zero-order chi connectivity index (χ0) is 20.6. The third kappa shape index (κ3) is 5.87. The Morgan fingerprint density at radius 2 is 1.79 bits per heavy atom. The Balaban J connectivity index is 1.46. The Bertz CT molecular complexity index is 979. The van der Waals surface area contributed by atoms with Crippen molar-refractivity contribution in [2.75, 3.05) is 19.0 Å². The number of anilines is 1. The number of amides is 2. The molecule has 0 bridgehead atoms. The van der Waals surface area contributed by atoms with E-state index >= 15 is 0 Å². The van der Waals surface area contributed by atoms with Gasteiger partial charge in [-0.25, -0.2) is 0 Å². The molecule has 2 aromatic carbocycles. The van der Waals surface area contributed by atoms with Gasteiger partial charge in [0.25, 0.3) is 5.91 Å². The summed E-state index contributed by atoms with van der Waals surface area (Å²) < 4.78 is 16.2. The second-order valence-corrected chi connectivity index (χ2v) is 6.33. The minimum Gasteiger partial charge on any atom is -0.497 e. The summed E-state index contributed by atoms with van der Waals surface area (Å²) >= 11 is 0. The van der Waals surface area contributed by atoms with Crippen LogP contribution in [0, 0.1) is 6.92 Å². The predicted molar refractivity (Wildman–Crippen MR) is 108 cm³/mol. The van der Waals surface area contributed by atoms with Crippen molar-refractivity contribution in [2.45, 2.75) is 13.5 Å². The number of ether oxygens (including phenoxy) is 2. The average molecular weight is 394 g/mol. The summed E-state index contributed by atoms with van der Waals surface area (Å²) in [5.41, 5.74) is 1.72. The number of rotatable bonds is 8. The molecule has 2 amide bonds. The van der Waals surface area contributed by atoms with Crippen LogP contribution in [0.25, 0.3) is 0 Å². The molecule has 0 unspecified atom stereocenters. The monoisotopic (exact) mass is 394 g/mol. The van der Waals surface area contributed by atoms with Crippen molar-refractivity contribution in [3.8, 4) is 11.5 Å². The number of hydrogen-bond acceptors (Lipinski definition) is 5. The Labute approximate surface area is 168 Å². The molecule has 0 aliphatic heterocycles. The lowest BCUT2D eigenvalue weighted by atomic mass is 10.2. The first-order chi connectivity index (χ1) is 14.0. The lowest BCUT2D eigenvalue weighted by molar-refractivity contribution is -0.115. The van der Waals surface area contributed by atoms with Gasteiger partial charge in [-0.05, 0) is 43.3 Å². The van der Waals surface area contributed by atoms with Crippen molar-refractivity contribution >= 4 is 17.5 Å². The maximum atomic E-state index is 12.2. The predicted octanol–water partition coefficient (Wildman–Crippen LogP) is 3.54. The van der Waals surface area contributed by atoms with Crippen molar-refractivity contribution < 1.29 is 23.5 Å². The fourth-order valence-electron chi connectivity index (χ4n) is 2.52. The first-order valence-electron chi connectivity index (χ1n) is 9.04. The molecule has 0 saturated heterocycles. The summed E-state index contributed by atoms with van der Waals surface area (Å²) in [5, 5.41) is 5.21. The highest BCUT2D eigenvalue weighted by molar-refractivity contribution is 5.98. The number of methoxy groups -OCH3 is 1. The Morgan fingerprint density at radius 3 is 2.55 bits per heavy atom. The highest BCUT2D eigenvalue weighted by atomic mass is 16.5. The van der Waals surface area contributed by atoms with E-state index in [4.69, 9.17) is 13.9 Å². The van der Waals surface area contributed by atoms with Crippen LogP contribution in [0.1, 0.15) is 21.9 Å². The molecular formula is C22H22N2O5. The third-order valence-electron chi connectivity index (χ3n) is 4.05. The van der Waals surface area contributed by atoms with Gasteiger partial charge in [-0.2, -0.15) is 0 Å². The molecule has 7 nitrogen and oxygen atoms in total. The van der Waals surface area contributed by atoms with Crippen molar-refractivity contribution in [1.29, 1.82) is 0 Å². The minimum atomic E-state index is -0.479. The summed E-state index contributed by atoms with van der Waals surface area (Å²) in [7, 11) is 1.55. The van der Waals surface area contributed by atoms with Crippen LogP contribution >= 0.6 is 0 Å². The van der Waals surface area contributed by atoms with Crippen LogP contribution in [0.3, 0.4) is 0 Å². The van der Waals surface area contributed by atoms with Gasteiger partial charge in [0.05, 0.1) is 13.7 Å². The number of benzene rings is 2. The molecule has 0 atom stereocenters. The zero-order valence-corrected chi connectivity index (χ0v) is 16.2. The van der Waals surface area contributed by atoms with E-state index in [0.29, 0.717) is 22.9 Å². The molecule has 0 aliphatic rings. The second kappa shape index (κ2) is 9.45. The highest BCUT2D eigenvalue weighted by Crippen LogP contribution is 2.17. The van der Waals surface area contributed by atoms with Gasteiger partial charge in [-0.1, -0.05) is 23.8 Å². The SMILES string of the molecule is COc1cccc(NC(=O)CNC(=O)c2ccc(COc3ccc(C)cc3)o2)c1. The molecule has 0 saturated carbocycles. The van der Waals surface area contributed by atoms with Gasteiger partial charge in [0.1, 0.15) is 23.9 Å². The van der Waals surface area contributed by atoms with Crippen LogP contribution < -0.4 is 20.1 Å².